The molecule has 2 aromatic carbocycles. The fourth-order valence-corrected chi connectivity index (χ4v) is 3.76. The van der Waals surface area contributed by atoms with E-state index in [1.807, 2.05) is 37.2 Å². The van der Waals surface area contributed by atoms with Gasteiger partial charge in [0.25, 0.3) is 0 Å². The van der Waals surface area contributed by atoms with Gasteiger partial charge < -0.3 is 26.5 Å². The smallest absolute Gasteiger partial charge is 0.324 e. The first kappa shape index (κ1) is 18.8. The molecule has 2 aliphatic rings. The Morgan fingerprint density at radius 2 is 1.31 bits per heavy atom. The average Bonchev–Trinajstić information content (AvgIpc) is 3.12. The number of hydrogen-bond acceptors (Lipinski definition) is 5. The third-order valence-electron chi connectivity index (χ3n) is 5.11. The van der Waals surface area contributed by atoms with Gasteiger partial charge in [-0.1, -0.05) is 32.7 Å². The van der Waals surface area contributed by atoms with Crippen molar-refractivity contribution < 1.29 is 9.31 Å². The molecule has 2 aliphatic heterocycles. The summed E-state index contributed by atoms with van der Waals surface area (Å²) in [4.78, 5) is 0. The predicted molar refractivity (Wildman–Crippen MR) is 111 cm³/mol. The van der Waals surface area contributed by atoms with E-state index in [1.165, 1.54) is 22.1 Å². The van der Waals surface area contributed by atoms with Crippen molar-refractivity contribution in [1.29, 1.82) is 0 Å². The number of nitrogen functional groups attached to an aromatic ring is 2. The first-order valence-corrected chi connectivity index (χ1v) is 9.24. The Kier molecular flexibility index (Phi) is 5.61. The van der Waals surface area contributed by atoms with Crippen molar-refractivity contribution in [3.05, 3.63) is 47.5 Å². The van der Waals surface area contributed by atoms with Crippen LogP contribution in [0.1, 0.15) is 36.7 Å². The summed E-state index contributed by atoms with van der Waals surface area (Å²) in [5.41, 5.74) is 23.5. The summed E-state index contributed by atoms with van der Waals surface area (Å²) >= 11 is 0. The molecule has 7 heteroatoms. The minimum absolute atomic E-state index is 0.0469. The number of benzene rings is 2. The Balaban J connectivity index is 0.000000151. The predicted octanol–water partition coefficient (Wildman–Crippen LogP) is 1.71. The molecule has 0 spiro atoms. The maximum absolute atomic E-state index is 5.78. The molecule has 5 nitrogen and oxygen atoms in total. The molecule has 0 saturated heterocycles. The van der Waals surface area contributed by atoms with Gasteiger partial charge >= 0.3 is 13.8 Å². The molecule has 0 radical (unpaired) electrons. The number of rotatable bonds is 2. The summed E-state index contributed by atoms with van der Waals surface area (Å²) in [6.07, 6.45) is 1.34. The molecule has 2 aromatic rings. The van der Waals surface area contributed by atoms with Crippen molar-refractivity contribution >= 4 is 36.1 Å². The molecule has 0 aromatic heterocycles. The van der Waals surface area contributed by atoms with E-state index in [0.29, 0.717) is 6.54 Å². The van der Waals surface area contributed by atoms with Crippen LogP contribution in [0.2, 0.25) is 13.6 Å². The fraction of sp³-hybridized carbons (Fsp3) is 0.368. The van der Waals surface area contributed by atoms with Crippen LogP contribution in [0.25, 0.3) is 0 Å². The molecule has 0 fully saturated rings. The third kappa shape index (κ3) is 3.61. The zero-order chi connectivity index (χ0) is 18.8. The molecule has 0 saturated carbocycles. The standard InChI is InChI=1S/C10H14BNO.C9H13BN2O/c1-3-10-8-5-4-7(12)6-9(8)11(2)13-10;1-10-8-4-6(12)2-3-7(8)9(5-11)13-10/h4-6,10H,3,12H2,1-2H3;2-4,9H,5,11-12H2,1H3/t10-;9-/m01/s1. The van der Waals surface area contributed by atoms with Crippen LogP contribution in [0.3, 0.4) is 0 Å². The molecule has 6 N–H and O–H groups in total. The van der Waals surface area contributed by atoms with Crippen molar-refractivity contribution in [3.63, 3.8) is 0 Å². The van der Waals surface area contributed by atoms with Gasteiger partial charge in [-0.15, -0.1) is 0 Å². The largest absolute Gasteiger partial charge is 0.424 e. The topological polar surface area (TPSA) is 96.5 Å². The second-order valence-corrected chi connectivity index (χ2v) is 6.95. The van der Waals surface area contributed by atoms with Gasteiger partial charge in [-0.2, -0.15) is 0 Å². The van der Waals surface area contributed by atoms with Crippen LogP contribution in [0.5, 0.6) is 0 Å². The van der Waals surface area contributed by atoms with Gasteiger partial charge in [0.05, 0.1) is 12.2 Å². The molecule has 26 heavy (non-hydrogen) atoms. The summed E-state index contributed by atoms with van der Waals surface area (Å²) in [7, 11) is 0. The Morgan fingerprint density at radius 3 is 1.77 bits per heavy atom. The highest BCUT2D eigenvalue weighted by molar-refractivity contribution is 6.68. The monoisotopic (exact) mass is 351 g/mol. The van der Waals surface area contributed by atoms with Crippen molar-refractivity contribution in [2.45, 2.75) is 39.2 Å². The summed E-state index contributed by atoms with van der Waals surface area (Å²) in [6.45, 7) is 7.09. The molecule has 136 valence electrons. The molecule has 0 bridgehead atoms. The Hall–Kier alpha value is -1.95. The Bertz CT molecular complexity index is 722. The molecule has 2 heterocycles. The molecule has 4 rings (SSSR count). The van der Waals surface area contributed by atoms with Crippen LogP contribution in [0.4, 0.5) is 11.4 Å². The quantitative estimate of drug-likeness (QED) is 0.565. The van der Waals surface area contributed by atoms with Gasteiger partial charge in [-0.25, -0.2) is 0 Å². The molecule has 0 amide bonds. The lowest BCUT2D eigenvalue weighted by Crippen LogP contribution is -2.24. The summed E-state index contributed by atoms with van der Waals surface area (Å²) in [5, 5.41) is 0. The van der Waals surface area contributed by atoms with Gasteiger partial charge in [-0.05, 0) is 52.7 Å². The van der Waals surface area contributed by atoms with Gasteiger partial charge in [0.15, 0.2) is 0 Å². The van der Waals surface area contributed by atoms with Crippen LogP contribution in [-0.2, 0) is 9.31 Å². The Labute approximate surface area is 156 Å². The van der Waals surface area contributed by atoms with E-state index in [9.17, 15) is 0 Å². The van der Waals surface area contributed by atoms with E-state index in [4.69, 9.17) is 26.5 Å². The minimum Gasteiger partial charge on any atom is -0.424 e. The number of fused-ring (bicyclic) bond motifs is 2. The van der Waals surface area contributed by atoms with Crippen molar-refractivity contribution in [1.82, 2.24) is 0 Å². The van der Waals surface area contributed by atoms with E-state index in [-0.39, 0.29) is 26.0 Å². The number of hydrogen-bond donors (Lipinski definition) is 3. The van der Waals surface area contributed by atoms with Gasteiger partial charge in [0.2, 0.25) is 0 Å². The van der Waals surface area contributed by atoms with E-state index in [0.717, 1.165) is 17.8 Å². The maximum Gasteiger partial charge on any atom is 0.324 e. The second kappa shape index (κ2) is 7.74. The first-order valence-electron chi connectivity index (χ1n) is 9.24. The fourth-order valence-electron chi connectivity index (χ4n) is 3.76. The SMILES string of the molecule is CB1O[C@H](CN)c2ccc(N)cc21.CC[C@@H]1OB(C)c2cc(N)ccc21. The van der Waals surface area contributed by atoms with Gasteiger partial charge in [0.1, 0.15) is 0 Å². The molecule has 2 atom stereocenters. The van der Waals surface area contributed by atoms with Crippen molar-refractivity contribution in [2.24, 2.45) is 5.73 Å². The van der Waals surface area contributed by atoms with E-state index in [2.05, 4.69) is 19.8 Å². The lowest BCUT2D eigenvalue weighted by molar-refractivity contribution is 0.221. The van der Waals surface area contributed by atoms with Crippen LogP contribution in [0, 0.1) is 0 Å². The highest BCUT2D eigenvalue weighted by atomic mass is 16.5. The zero-order valence-corrected chi connectivity index (χ0v) is 15.7. The lowest BCUT2D eigenvalue weighted by Gasteiger charge is -2.08. The van der Waals surface area contributed by atoms with Gasteiger partial charge in [-0.3, -0.25) is 0 Å². The van der Waals surface area contributed by atoms with Crippen LogP contribution in [0.15, 0.2) is 36.4 Å². The maximum atomic E-state index is 5.78. The third-order valence-corrected chi connectivity index (χ3v) is 5.11. The summed E-state index contributed by atoms with van der Waals surface area (Å²) < 4.78 is 11.4. The van der Waals surface area contributed by atoms with Crippen molar-refractivity contribution in [2.75, 3.05) is 18.0 Å². The minimum atomic E-state index is 0.0469. The van der Waals surface area contributed by atoms with Gasteiger partial charge in [0, 0.05) is 17.9 Å². The molecular formula is C19H27B2N3O2. The zero-order valence-electron chi connectivity index (χ0n) is 15.7. The van der Waals surface area contributed by atoms with E-state index < -0.39 is 0 Å². The number of nitrogens with two attached hydrogens (primary N) is 3. The first-order chi connectivity index (χ1) is 12.4. The lowest BCUT2D eigenvalue weighted by atomic mass is 9.64. The average molecular weight is 351 g/mol. The van der Waals surface area contributed by atoms with Crippen molar-refractivity contribution in [3.8, 4) is 0 Å². The Morgan fingerprint density at radius 1 is 0.846 bits per heavy atom. The highest BCUT2D eigenvalue weighted by Gasteiger charge is 2.31. The second-order valence-electron chi connectivity index (χ2n) is 6.95. The van der Waals surface area contributed by atoms with E-state index in [1.54, 1.807) is 0 Å². The molecule has 0 unspecified atom stereocenters. The summed E-state index contributed by atoms with van der Waals surface area (Å²) in [6, 6.07) is 11.9. The molecular weight excluding hydrogens is 324 g/mol. The van der Waals surface area contributed by atoms with Crippen LogP contribution >= 0.6 is 0 Å². The normalized spacial score (nSPS) is 20.5. The van der Waals surface area contributed by atoms with Crippen LogP contribution in [-0.4, -0.2) is 20.4 Å². The highest BCUT2D eigenvalue weighted by Crippen LogP contribution is 2.27. The van der Waals surface area contributed by atoms with E-state index >= 15 is 0 Å². The summed E-state index contributed by atoms with van der Waals surface area (Å²) in [5.74, 6) is 0. The molecule has 0 aliphatic carbocycles. The number of anilines is 2. The van der Waals surface area contributed by atoms with Crippen LogP contribution < -0.4 is 28.1 Å².